The number of anilines is 4. The van der Waals surface area contributed by atoms with E-state index >= 15 is 4.39 Å². The first-order chi connectivity index (χ1) is 20.2. The summed E-state index contributed by atoms with van der Waals surface area (Å²) in [4.78, 5) is 25.3. The Morgan fingerprint density at radius 1 is 1.19 bits per heavy atom. The number of ether oxygens (including phenoxy) is 1. The lowest BCUT2D eigenvalue weighted by atomic mass is 9.99. The van der Waals surface area contributed by atoms with Gasteiger partial charge in [0.15, 0.2) is 11.6 Å². The number of amides is 1. The molecule has 12 heteroatoms. The molecule has 1 fully saturated rings. The molecule has 0 saturated carbocycles. The van der Waals surface area contributed by atoms with E-state index in [4.69, 9.17) is 15.3 Å². The number of pyridine rings is 1. The third-order valence-electron chi connectivity index (χ3n) is 6.95. The fourth-order valence-electron chi connectivity index (χ4n) is 4.44. The second-order valence-corrected chi connectivity index (χ2v) is 9.85. The molecule has 11 nitrogen and oxygen atoms in total. The molecule has 42 heavy (non-hydrogen) atoms. The number of fused-ring (bicyclic) bond motifs is 1. The molecular formula is C30H34FN9O2. The highest BCUT2D eigenvalue weighted by molar-refractivity contribution is 5.88. The number of benzene rings is 2. The van der Waals surface area contributed by atoms with Crippen LogP contribution in [0.15, 0.2) is 66.6 Å². The number of hydrogen-bond acceptors (Lipinski definition) is 10. The van der Waals surface area contributed by atoms with Crippen LogP contribution in [0.3, 0.4) is 0 Å². The van der Waals surface area contributed by atoms with Crippen LogP contribution in [-0.2, 0) is 4.79 Å². The number of nitrogens with one attached hydrogen (secondary N) is 3. The van der Waals surface area contributed by atoms with E-state index in [0.717, 1.165) is 43.7 Å². The summed E-state index contributed by atoms with van der Waals surface area (Å²) < 4.78 is 21.4. The molecule has 5 N–H and O–H groups in total. The Bertz CT molecular complexity index is 1600. The van der Waals surface area contributed by atoms with E-state index in [1.165, 1.54) is 6.33 Å². The predicted octanol–water partition coefficient (Wildman–Crippen LogP) is 6.61. The largest absolute Gasteiger partial charge is 0.457 e. The molecule has 0 bridgehead atoms. The van der Waals surface area contributed by atoms with Gasteiger partial charge in [-0.3, -0.25) is 4.79 Å². The summed E-state index contributed by atoms with van der Waals surface area (Å²) in [5, 5.41) is 9.59. The van der Waals surface area contributed by atoms with Crippen molar-refractivity contribution in [3.8, 4) is 11.5 Å². The molecule has 5 rings (SSSR count). The maximum Gasteiger partial charge on any atom is 0.240 e. The Hall–Kier alpha value is -5.13. The second-order valence-electron chi connectivity index (χ2n) is 9.85. The second kappa shape index (κ2) is 13.5. The van der Waals surface area contributed by atoms with Crippen molar-refractivity contribution in [2.45, 2.75) is 26.7 Å². The maximum atomic E-state index is 15.4. The average molecular weight is 572 g/mol. The monoisotopic (exact) mass is 571 g/mol. The van der Waals surface area contributed by atoms with Crippen LogP contribution in [0, 0.1) is 24.2 Å². The van der Waals surface area contributed by atoms with Crippen LogP contribution < -0.4 is 26.0 Å². The topological polar surface area (TPSA) is 154 Å². The van der Waals surface area contributed by atoms with Gasteiger partial charge in [0.25, 0.3) is 0 Å². The van der Waals surface area contributed by atoms with Crippen molar-refractivity contribution in [2.24, 2.45) is 16.8 Å². The Labute approximate surface area is 243 Å². The lowest BCUT2D eigenvalue weighted by molar-refractivity contribution is -0.113. The molecule has 0 unspecified atom stereocenters. The number of hydrogen-bond donors (Lipinski definition) is 4. The van der Waals surface area contributed by atoms with Crippen molar-refractivity contribution in [3.05, 3.63) is 72.8 Å². The fourth-order valence-corrected chi connectivity index (χ4v) is 4.44. The van der Waals surface area contributed by atoms with Crippen molar-refractivity contribution < 1.29 is 13.9 Å². The number of primary amides is 1. The molecule has 4 aromatic rings. The van der Waals surface area contributed by atoms with Crippen LogP contribution in [0.1, 0.15) is 25.3 Å². The highest BCUT2D eigenvalue weighted by Crippen LogP contribution is 2.36. The summed E-state index contributed by atoms with van der Waals surface area (Å²) in [7, 11) is 1.75. The average Bonchev–Trinajstić information content (AvgIpc) is 3.01. The zero-order chi connectivity index (χ0) is 30.2. The van der Waals surface area contributed by atoms with Crippen LogP contribution in [-0.4, -0.2) is 41.0 Å². The minimum atomic E-state index is -0.481. The Balaban J connectivity index is 0.000000748. The van der Waals surface area contributed by atoms with E-state index in [2.05, 4.69) is 49.9 Å². The molecule has 3 heterocycles. The zero-order valence-electron chi connectivity index (χ0n) is 23.8. The highest BCUT2D eigenvalue weighted by Gasteiger charge is 2.19. The number of piperidine rings is 1. The summed E-state index contributed by atoms with van der Waals surface area (Å²) >= 11 is 0. The summed E-state index contributed by atoms with van der Waals surface area (Å²) in [6.07, 6.45) is 4.77. The Morgan fingerprint density at radius 2 is 1.90 bits per heavy atom. The standard InChI is InChI=1S/C27H29FN8O.C3H5NO/c1-16-10-12-36(13-11-16)24-9-7-21-26(34-24)27(32-15-31-21)33-20-6-8-23(17(2)25(20)28)37-18-4-5-19(30-3)22(14-18)35-29;1-2-3(4)5/h4-9,14-16,29-30H,10-13H2,1-3H3,(H,31,32,33);2H,1H2,(H2,4,5). The molecule has 2 aromatic heterocycles. The lowest BCUT2D eigenvalue weighted by Gasteiger charge is -2.31. The lowest BCUT2D eigenvalue weighted by Crippen LogP contribution is -2.33. The zero-order valence-corrected chi connectivity index (χ0v) is 23.8. The molecule has 0 spiro atoms. The van der Waals surface area contributed by atoms with Crippen molar-refractivity contribution >= 4 is 45.6 Å². The summed E-state index contributed by atoms with van der Waals surface area (Å²) in [5.74, 6) is 1.92. The molecule has 218 valence electrons. The number of aromatic nitrogens is 3. The fraction of sp³-hybridized carbons (Fsp3) is 0.267. The molecule has 1 saturated heterocycles. The van der Waals surface area contributed by atoms with Gasteiger partial charge in [-0.1, -0.05) is 13.5 Å². The number of rotatable bonds is 8. The number of nitrogens with two attached hydrogens (primary N) is 1. The van der Waals surface area contributed by atoms with Gasteiger partial charge in [-0.05, 0) is 68.2 Å². The van der Waals surface area contributed by atoms with Crippen LogP contribution >= 0.6 is 0 Å². The van der Waals surface area contributed by atoms with Gasteiger partial charge in [0, 0.05) is 31.8 Å². The van der Waals surface area contributed by atoms with E-state index in [1.807, 2.05) is 12.1 Å². The van der Waals surface area contributed by atoms with Crippen molar-refractivity contribution in [1.29, 1.82) is 5.53 Å². The summed E-state index contributed by atoms with van der Waals surface area (Å²) in [6, 6.07) is 12.3. The van der Waals surface area contributed by atoms with Crippen LogP contribution in [0.25, 0.3) is 11.0 Å². The van der Waals surface area contributed by atoms with E-state index < -0.39 is 11.7 Å². The van der Waals surface area contributed by atoms with Gasteiger partial charge in [0.1, 0.15) is 34.8 Å². The van der Waals surface area contributed by atoms with E-state index in [-0.39, 0.29) is 5.69 Å². The minimum absolute atomic E-state index is 0.260. The van der Waals surface area contributed by atoms with Gasteiger partial charge < -0.3 is 26.0 Å². The number of nitrogens with zero attached hydrogens (tertiary/aromatic N) is 5. The van der Waals surface area contributed by atoms with Crippen LogP contribution in [0.4, 0.5) is 33.1 Å². The number of carbonyl (C=O) groups excluding carboxylic acids is 1. The third-order valence-corrected chi connectivity index (χ3v) is 6.95. The minimum Gasteiger partial charge on any atom is -0.457 e. The molecule has 1 aliphatic heterocycles. The highest BCUT2D eigenvalue weighted by atomic mass is 19.1. The van der Waals surface area contributed by atoms with Gasteiger partial charge in [-0.25, -0.2) is 24.9 Å². The molecule has 0 radical (unpaired) electrons. The molecule has 0 aliphatic carbocycles. The molecular weight excluding hydrogens is 537 g/mol. The molecule has 2 aromatic carbocycles. The first-order valence-corrected chi connectivity index (χ1v) is 13.5. The van der Waals surface area contributed by atoms with E-state index in [0.29, 0.717) is 45.3 Å². The SMILES string of the molecule is C=CC(N)=O.CNc1ccc(Oc2ccc(Nc3ncnc4ccc(N5CCC(C)CC5)nc34)c(F)c2C)cc1N=N. The first-order valence-electron chi connectivity index (χ1n) is 13.5. The maximum absolute atomic E-state index is 15.4. The van der Waals surface area contributed by atoms with Crippen LogP contribution in [0.2, 0.25) is 0 Å². The number of carbonyl (C=O) groups is 1. The smallest absolute Gasteiger partial charge is 0.240 e. The summed E-state index contributed by atoms with van der Waals surface area (Å²) in [6.45, 7) is 8.93. The molecule has 0 atom stereocenters. The van der Waals surface area contributed by atoms with Gasteiger partial charge in [-0.15, -0.1) is 0 Å². The van der Waals surface area contributed by atoms with Gasteiger partial charge in [-0.2, -0.15) is 5.11 Å². The van der Waals surface area contributed by atoms with Gasteiger partial charge >= 0.3 is 0 Å². The van der Waals surface area contributed by atoms with Gasteiger partial charge in [0.2, 0.25) is 5.91 Å². The predicted molar refractivity (Wildman–Crippen MR) is 163 cm³/mol. The van der Waals surface area contributed by atoms with E-state index in [1.54, 1.807) is 44.3 Å². The molecule has 1 aliphatic rings. The third kappa shape index (κ3) is 6.95. The van der Waals surface area contributed by atoms with Crippen molar-refractivity contribution in [3.63, 3.8) is 0 Å². The van der Waals surface area contributed by atoms with Crippen molar-refractivity contribution in [2.75, 3.05) is 35.7 Å². The van der Waals surface area contributed by atoms with E-state index in [9.17, 15) is 4.79 Å². The Morgan fingerprint density at radius 3 is 2.57 bits per heavy atom. The number of halogens is 1. The summed E-state index contributed by atoms with van der Waals surface area (Å²) in [5.41, 5.74) is 14.9. The normalized spacial score (nSPS) is 13.1. The van der Waals surface area contributed by atoms with Crippen LogP contribution in [0.5, 0.6) is 11.5 Å². The Kier molecular flexibility index (Phi) is 9.58. The molecule has 1 amide bonds. The quantitative estimate of drug-likeness (QED) is 0.136. The van der Waals surface area contributed by atoms with Gasteiger partial charge in [0.05, 0.1) is 16.9 Å². The first kappa shape index (κ1) is 29.8. The van der Waals surface area contributed by atoms with Crippen molar-refractivity contribution in [1.82, 2.24) is 15.0 Å².